The fourth-order valence-electron chi connectivity index (χ4n) is 3.63. The van der Waals surface area contributed by atoms with Crippen molar-refractivity contribution in [3.63, 3.8) is 0 Å². The zero-order valence-electron chi connectivity index (χ0n) is 13.6. The van der Waals surface area contributed by atoms with Crippen LogP contribution >= 0.6 is 0 Å². The summed E-state index contributed by atoms with van der Waals surface area (Å²) in [6.45, 7) is 3.04. The van der Waals surface area contributed by atoms with Crippen LogP contribution in [0.3, 0.4) is 0 Å². The maximum absolute atomic E-state index is 10.9. The zero-order chi connectivity index (χ0) is 16.4. The minimum atomic E-state index is 0.207. The standard InChI is InChI=1S/C20H21NO3/c22-9-3-6-18(21-13-16-4-1-2-5-17(16)14-21)15-7-8-19-20(12-15)24-11-10-23-19/h1-2,4-5,7-9,12,18H,3,6,10-11,13-14H2. The van der Waals surface area contributed by atoms with Crippen LogP contribution in [-0.4, -0.2) is 24.4 Å². The van der Waals surface area contributed by atoms with Gasteiger partial charge in [0.05, 0.1) is 0 Å². The van der Waals surface area contributed by atoms with Crippen LogP contribution in [0.2, 0.25) is 0 Å². The normalized spacial score (nSPS) is 17.3. The van der Waals surface area contributed by atoms with Crippen LogP contribution in [0.1, 0.15) is 35.6 Å². The molecule has 1 unspecified atom stereocenters. The minimum Gasteiger partial charge on any atom is -0.486 e. The number of ether oxygens (including phenoxy) is 2. The molecule has 4 heteroatoms. The van der Waals surface area contributed by atoms with Gasteiger partial charge in [-0.2, -0.15) is 0 Å². The molecule has 0 aromatic heterocycles. The van der Waals surface area contributed by atoms with Crippen LogP contribution in [0, 0.1) is 0 Å². The Bertz CT molecular complexity index is 718. The molecular weight excluding hydrogens is 302 g/mol. The summed E-state index contributed by atoms with van der Waals surface area (Å²) in [6, 6.07) is 14.9. The molecule has 2 heterocycles. The Hall–Kier alpha value is -2.33. The Labute approximate surface area is 142 Å². The Morgan fingerprint density at radius 1 is 1.00 bits per heavy atom. The molecule has 0 aliphatic carbocycles. The summed E-state index contributed by atoms with van der Waals surface area (Å²) in [5, 5.41) is 0. The Balaban J connectivity index is 1.61. The molecule has 0 saturated heterocycles. The SMILES string of the molecule is O=CCCC(c1ccc2c(c1)OCCO2)N1Cc2ccccc2C1. The first-order chi connectivity index (χ1) is 11.8. The predicted molar refractivity (Wildman–Crippen MR) is 91.2 cm³/mol. The number of nitrogens with zero attached hydrogens (tertiary/aromatic N) is 1. The van der Waals surface area contributed by atoms with Gasteiger partial charge in [-0.25, -0.2) is 0 Å². The molecule has 24 heavy (non-hydrogen) atoms. The third kappa shape index (κ3) is 2.89. The van der Waals surface area contributed by atoms with Gasteiger partial charge in [-0.3, -0.25) is 4.90 Å². The lowest BCUT2D eigenvalue weighted by atomic mass is 10.00. The lowest BCUT2D eigenvalue weighted by Gasteiger charge is -2.29. The van der Waals surface area contributed by atoms with Crippen molar-refractivity contribution in [3.05, 3.63) is 59.2 Å². The number of fused-ring (bicyclic) bond motifs is 2. The maximum atomic E-state index is 10.9. The Kier molecular flexibility index (Phi) is 4.22. The highest BCUT2D eigenvalue weighted by atomic mass is 16.6. The molecule has 0 amide bonds. The highest BCUT2D eigenvalue weighted by Gasteiger charge is 2.27. The van der Waals surface area contributed by atoms with E-state index in [0.717, 1.165) is 37.3 Å². The molecule has 2 aromatic rings. The van der Waals surface area contributed by atoms with Gasteiger partial charge < -0.3 is 14.3 Å². The first-order valence-electron chi connectivity index (χ1n) is 8.49. The number of benzene rings is 2. The van der Waals surface area contributed by atoms with Crippen molar-refractivity contribution in [1.29, 1.82) is 0 Å². The molecule has 2 aliphatic heterocycles. The summed E-state index contributed by atoms with van der Waals surface area (Å²) in [6.07, 6.45) is 2.39. The lowest BCUT2D eigenvalue weighted by molar-refractivity contribution is -0.108. The molecule has 2 aromatic carbocycles. The van der Waals surface area contributed by atoms with Gasteiger partial charge in [0.15, 0.2) is 11.5 Å². The van der Waals surface area contributed by atoms with E-state index in [9.17, 15) is 4.79 Å². The summed E-state index contributed by atoms with van der Waals surface area (Å²) in [5.74, 6) is 1.62. The van der Waals surface area contributed by atoms with E-state index < -0.39 is 0 Å². The van der Waals surface area contributed by atoms with E-state index in [-0.39, 0.29) is 6.04 Å². The second kappa shape index (κ2) is 6.65. The fraction of sp³-hybridized carbons (Fsp3) is 0.350. The maximum Gasteiger partial charge on any atom is 0.161 e. The number of hydrogen-bond donors (Lipinski definition) is 0. The number of rotatable bonds is 5. The van der Waals surface area contributed by atoms with E-state index in [0.29, 0.717) is 19.6 Å². The number of aldehydes is 1. The molecule has 0 N–H and O–H groups in total. The predicted octanol–water partition coefficient (Wildman–Crippen LogP) is 3.49. The fourth-order valence-corrected chi connectivity index (χ4v) is 3.63. The van der Waals surface area contributed by atoms with E-state index >= 15 is 0 Å². The summed E-state index contributed by atoms with van der Waals surface area (Å²) in [7, 11) is 0. The van der Waals surface area contributed by atoms with Gasteiger partial charge in [0.1, 0.15) is 19.5 Å². The van der Waals surface area contributed by atoms with Crippen LogP contribution in [0.15, 0.2) is 42.5 Å². The van der Waals surface area contributed by atoms with Crippen molar-refractivity contribution >= 4 is 6.29 Å². The van der Waals surface area contributed by atoms with Crippen molar-refractivity contribution in [3.8, 4) is 11.5 Å². The molecule has 4 rings (SSSR count). The monoisotopic (exact) mass is 323 g/mol. The molecule has 0 spiro atoms. The summed E-state index contributed by atoms with van der Waals surface area (Å²) < 4.78 is 11.4. The topological polar surface area (TPSA) is 38.8 Å². The van der Waals surface area contributed by atoms with E-state index in [1.54, 1.807) is 0 Å². The highest BCUT2D eigenvalue weighted by Crippen LogP contribution is 2.38. The molecule has 124 valence electrons. The van der Waals surface area contributed by atoms with Gasteiger partial charge in [-0.05, 0) is 35.2 Å². The smallest absolute Gasteiger partial charge is 0.161 e. The minimum absolute atomic E-state index is 0.207. The third-order valence-corrected chi connectivity index (χ3v) is 4.81. The van der Waals surface area contributed by atoms with Crippen molar-refractivity contribution in [2.45, 2.75) is 32.0 Å². The average molecular weight is 323 g/mol. The Morgan fingerprint density at radius 2 is 1.71 bits per heavy atom. The molecule has 4 nitrogen and oxygen atoms in total. The first-order valence-corrected chi connectivity index (χ1v) is 8.49. The largest absolute Gasteiger partial charge is 0.486 e. The van der Waals surface area contributed by atoms with Gasteiger partial charge in [0.2, 0.25) is 0 Å². The van der Waals surface area contributed by atoms with Gasteiger partial charge in [0, 0.05) is 25.6 Å². The lowest BCUT2D eigenvalue weighted by Crippen LogP contribution is -2.24. The van der Waals surface area contributed by atoms with Crippen molar-refractivity contribution in [2.75, 3.05) is 13.2 Å². The summed E-state index contributed by atoms with van der Waals surface area (Å²) in [4.78, 5) is 13.4. The molecular formula is C20H21NO3. The van der Waals surface area contributed by atoms with E-state index in [2.05, 4.69) is 41.3 Å². The van der Waals surface area contributed by atoms with Gasteiger partial charge in [0.25, 0.3) is 0 Å². The molecule has 1 atom stereocenters. The van der Waals surface area contributed by atoms with Crippen molar-refractivity contribution in [1.82, 2.24) is 4.90 Å². The second-order valence-corrected chi connectivity index (χ2v) is 6.34. The van der Waals surface area contributed by atoms with E-state index in [1.807, 2.05) is 6.07 Å². The number of carbonyl (C=O) groups is 1. The number of carbonyl (C=O) groups excluding carboxylic acids is 1. The third-order valence-electron chi connectivity index (χ3n) is 4.81. The number of hydrogen-bond acceptors (Lipinski definition) is 4. The quantitative estimate of drug-likeness (QED) is 0.790. The van der Waals surface area contributed by atoms with Crippen LogP contribution in [0.4, 0.5) is 0 Å². The molecule has 0 radical (unpaired) electrons. The van der Waals surface area contributed by atoms with Crippen LogP contribution in [0.25, 0.3) is 0 Å². The summed E-state index contributed by atoms with van der Waals surface area (Å²) in [5.41, 5.74) is 3.95. The summed E-state index contributed by atoms with van der Waals surface area (Å²) >= 11 is 0. The molecule has 2 aliphatic rings. The molecule has 0 bridgehead atoms. The molecule has 0 saturated carbocycles. The van der Waals surface area contributed by atoms with Crippen LogP contribution in [-0.2, 0) is 17.9 Å². The van der Waals surface area contributed by atoms with Crippen molar-refractivity contribution < 1.29 is 14.3 Å². The van der Waals surface area contributed by atoms with Gasteiger partial charge >= 0.3 is 0 Å². The van der Waals surface area contributed by atoms with Gasteiger partial charge in [-0.1, -0.05) is 30.3 Å². The zero-order valence-corrected chi connectivity index (χ0v) is 13.6. The van der Waals surface area contributed by atoms with Crippen LogP contribution < -0.4 is 9.47 Å². The average Bonchev–Trinajstić information content (AvgIpc) is 3.05. The highest BCUT2D eigenvalue weighted by molar-refractivity contribution is 5.50. The second-order valence-electron chi connectivity index (χ2n) is 6.34. The van der Waals surface area contributed by atoms with Gasteiger partial charge in [-0.15, -0.1) is 0 Å². The first kappa shape index (κ1) is 15.2. The van der Waals surface area contributed by atoms with E-state index in [4.69, 9.17) is 9.47 Å². The van der Waals surface area contributed by atoms with Crippen molar-refractivity contribution in [2.24, 2.45) is 0 Å². The van der Waals surface area contributed by atoms with Crippen LogP contribution in [0.5, 0.6) is 11.5 Å². The van der Waals surface area contributed by atoms with E-state index in [1.165, 1.54) is 16.7 Å². The molecule has 0 fully saturated rings. The Morgan fingerprint density at radius 3 is 2.42 bits per heavy atom.